The molecule has 1 N–H and O–H groups in total. The second-order valence-corrected chi connectivity index (χ2v) is 8.61. The van der Waals surface area contributed by atoms with Crippen LogP contribution in [0.2, 0.25) is 5.02 Å². The average Bonchev–Trinajstić information content (AvgIpc) is 3.32. The van der Waals surface area contributed by atoms with Crippen LogP contribution in [0.25, 0.3) is 16.0 Å². The van der Waals surface area contributed by atoms with Crippen LogP contribution in [0, 0.1) is 11.6 Å². The van der Waals surface area contributed by atoms with Gasteiger partial charge in [-0.2, -0.15) is 0 Å². The molecule has 0 bridgehead atoms. The Morgan fingerprint density at radius 1 is 1.12 bits per heavy atom. The number of Topliss-reactive ketones (excluding diaryl/α,β-unsaturated/α-hetero) is 1. The lowest BCUT2D eigenvalue weighted by atomic mass is 9.96. The molecule has 0 aliphatic carbocycles. The van der Waals surface area contributed by atoms with E-state index in [9.17, 15) is 23.5 Å². The molecule has 2 aromatic carbocycles. The van der Waals surface area contributed by atoms with Crippen molar-refractivity contribution in [3.63, 3.8) is 0 Å². The summed E-state index contributed by atoms with van der Waals surface area (Å²) in [6.45, 7) is 0. The maximum atomic E-state index is 13.9. The third kappa shape index (κ3) is 3.55. The van der Waals surface area contributed by atoms with Gasteiger partial charge in [0.1, 0.15) is 17.4 Å². The number of hydrogen-bond donors (Lipinski definition) is 1. The summed E-state index contributed by atoms with van der Waals surface area (Å²) in [7, 11) is 0. The molecule has 33 heavy (non-hydrogen) atoms. The Hall–Kier alpha value is -3.69. The van der Waals surface area contributed by atoms with Crippen LogP contribution < -0.4 is 4.90 Å². The molecule has 10 heteroatoms. The Labute approximate surface area is 194 Å². The molecule has 1 aliphatic rings. The van der Waals surface area contributed by atoms with Crippen molar-refractivity contribution in [3.05, 3.63) is 94.3 Å². The maximum absolute atomic E-state index is 13.9. The topological polar surface area (TPSA) is 83.4 Å². The van der Waals surface area contributed by atoms with E-state index < -0.39 is 35.1 Å². The molecular weight excluding hydrogens is 472 g/mol. The van der Waals surface area contributed by atoms with Crippen molar-refractivity contribution in [3.8, 4) is 0 Å². The molecule has 1 amide bonds. The summed E-state index contributed by atoms with van der Waals surface area (Å²) in [5, 5.41) is 11.0. The zero-order chi connectivity index (χ0) is 23.3. The van der Waals surface area contributed by atoms with E-state index in [1.807, 2.05) is 0 Å². The van der Waals surface area contributed by atoms with Crippen LogP contribution in [0.3, 0.4) is 0 Å². The van der Waals surface area contributed by atoms with Gasteiger partial charge in [0.15, 0.2) is 5.13 Å². The number of nitrogens with zero attached hydrogens (tertiary/aromatic N) is 3. The number of pyridine rings is 1. The molecule has 0 spiro atoms. The summed E-state index contributed by atoms with van der Waals surface area (Å²) in [4.78, 5) is 35.8. The number of hydrogen-bond acceptors (Lipinski definition) is 6. The molecular formula is C23H12ClF2N3O3S. The fraction of sp³-hybridized carbons (Fsp3) is 0.0435. The van der Waals surface area contributed by atoms with Crippen molar-refractivity contribution in [1.29, 1.82) is 0 Å². The Morgan fingerprint density at radius 3 is 2.58 bits per heavy atom. The fourth-order valence-corrected chi connectivity index (χ4v) is 4.82. The molecule has 1 fully saturated rings. The highest BCUT2D eigenvalue weighted by Gasteiger charge is 2.48. The van der Waals surface area contributed by atoms with Gasteiger partial charge in [0, 0.05) is 18.0 Å². The van der Waals surface area contributed by atoms with E-state index in [0.29, 0.717) is 15.8 Å². The summed E-state index contributed by atoms with van der Waals surface area (Å²) >= 11 is 6.86. The van der Waals surface area contributed by atoms with E-state index in [1.54, 1.807) is 12.1 Å². The molecule has 0 radical (unpaired) electrons. The number of thiazole rings is 1. The average molecular weight is 484 g/mol. The molecule has 3 heterocycles. The first kappa shape index (κ1) is 21.2. The van der Waals surface area contributed by atoms with Crippen LogP contribution in [0.5, 0.6) is 0 Å². The molecule has 4 aromatic rings. The number of aliphatic hydroxyl groups is 1. The van der Waals surface area contributed by atoms with E-state index in [4.69, 9.17) is 11.6 Å². The Balaban J connectivity index is 1.72. The zero-order valence-electron chi connectivity index (χ0n) is 16.5. The summed E-state index contributed by atoms with van der Waals surface area (Å²) in [6, 6.07) is 9.64. The third-order valence-electron chi connectivity index (χ3n) is 5.19. The number of fused-ring (bicyclic) bond motifs is 1. The molecule has 0 saturated carbocycles. The van der Waals surface area contributed by atoms with Crippen LogP contribution in [-0.4, -0.2) is 26.8 Å². The first-order valence-electron chi connectivity index (χ1n) is 9.57. The van der Waals surface area contributed by atoms with Crippen molar-refractivity contribution in [2.45, 2.75) is 6.04 Å². The molecule has 1 atom stereocenters. The minimum Gasteiger partial charge on any atom is -0.507 e. The van der Waals surface area contributed by atoms with E-state index in [2.05, 4.69) is 9.97 Å². The second-order valence-electron chi connectivity index (χ2n) is 7.19. The Bertz CT molecular complexity index is 1420. The minimum absolute atomic E-state index is 0.124. The lowest BCUT2D eigenvalue weighted by Gasteiger charge is -2.22. The zero-order valence-corrected chi connectivity index (χ0v) is 18.1. The van der Waals surface area contributed by atoms with Crippen LogP contribution in [0.4, 0.5) is 13.9 Å². The second kappa shape index (κ2) is 8.02. The SMILES string of the molecule is O=C1C(=O)N(c2nc3cc(Cl)c(F)cc3s2)C(c2cccnc2)/C1=C(\O)c1ccc(F)cc1. The first-order valence-corrected chi connectivity index (χ1v) is 10.8. The predicted molar refractivity (Wildman–Crippen MR) is 120 cm³/mol. The summed E-state index contributed by atoms with van der Waals surface area (Å²) in [5.74, 6) is -3.47. The predicted octanol–water partition coefficient (Wildman–Crippen LogP) is 5.25. The highest BCUT2D eigenvalue weighted by atomic mass is 35.5. The van der Waals surface area contributed by atoms with E-state index >= 15 is 0 Å². The molecule has 1 aliphatic heterocycles. The monoisotopic (exact) mass is 483 g/mol. The molecule has 2 aromatic heterocycles. The smallest absolute Gasteiger partial charge is 0.301 e. The number of carbonyl (C=O) groups excluding carboxylic acids is 2. The van der Waals surface area contributed by atoms with Crippen LogP contribution in [0.1, 0.15) is 17.2 Å². The van der Waals surface area contributed by atoms with E-state index in [-0.39, 0.29) is 21.3 Å². The van der Waals surface area contributed by atoms with Gasteiger partial charge in [-0.3, -0.25) is 19.5 Å². The van der Waals surface area contributed by atoms with Gasteiger partial charge in [0.25, 0.3) is 5.78 Å². The number of rotatable bonds is 3. The van der Waals surface area contributed by atoms with Crippen LogP contribution in [0.15, 0.2) is 66.5 Å². The van der Waals surface area contributed by atoms with Crippen molar-refractivity contribution in [2.24, 2.45) is 0 Å². The molecule has 1 unspecified atom stereocenters. The minimum atomic E-state index is -1.05. The lowest BCUT2D eigenvalue weighted by Crippen LogP contribution is -2.29. The molecule has 5 rings (SSSR count). The first-order chi connectivity index (χ1) is 15.8. The Morgan fingerprint density at radius 2 is 1.88 bits per heavy atom. The van der Waals surface area contributed by atoms with Crippen molar-refractivity contribution in [1.82, 2.24) is 9.97 Å². The normalized spacial score (nSPS) is 17.8. The van der Waals surface area contributed by atoms with Crippen molar-refractivity contribution in [2.75, 3.05) is 4.90 Å². The standard InChI is InChI=1S/C23H12ClF2N3O3S/c24-14-8-16-17(9-15(14)26)33-23(28-16)29-19(12-2-1-7-27-10-12)18(21(31)22(29)32)20(30)11-3-5-13(25)6-4-11/h1-10,19,30H/b20-18+. The highest BCUT2D eigenvalue weighted by Crippen LogP contribution is 2.44. The largest absolute Gasteiger partial charge is 0.507 e. The van der Waals surface area contributed by atoms with Gasteiger partial charge in [-0.1, -0.05) is 29.0 Å². The van der Waals surface area contributed by atoms with Gasteiger partial charge in [-0.15, -0.1) is 0 Å². The van der Waals surface area contributed by atoms with Crippen molar-refractivity contribution >= 4 is 55.7 Å². The van der Waals surface area contributed by atoms with Gasteiger partial charge in [-0.05, 0) is 48.0 Å². The molecule has 1 saturated heterocycles. The summed E-state index contributed by atoms with van der Waals surface area (Å²) in [6.07, 6.45) is 2.99. The number of benzene rings is 2. The van der Waals surface area contributed by atoms with Crippen molar-refractivity contribution < 1.29 is 23.5 Å². The van der Waals surface area contributed by atoms with Gasteiger partial charge >= 0.3 is 5.91 Å². The quantitative estimate of drug-likeness (QED) is 0.244. The number of aliphatic hydroxyl groups excluding tert-OH is 1. The van der Waals surface area contributed by atoms with E-state index in [0.717, 1.165) is 28.4 Å². The molecule has 164 valence electrons. The van der Waals surface area contributed by atoms with Crippen LogP contribution >= 0.6 is 22.9 Å². The van der Waals surface area contributed by atoms with Gasteiger partial charge in [0.2, 0.25) is 0 Å². The third-order valence-corrected chi connectivity index (χ3v) is 6.49. The number of halogens is 3. The maximum Gasteiger partial charge on any atom is 0.301 e. The van der Waals surface area contributed by atoms with E-state index in [1.165, 1.54) is 36.7 Å². The molecule has 6 nitrogen and oxygen atoms in total. The summed E-state index contributed by atoms with van der Waals surface area (Å²) in [5.41, 5.74) is 0.778. The highest BCUT2D eigenvalue weighted by molar-refractivity contribution is 7.22. The van der Waals surface area contributed by atoms with Gasteiger partial charge < -0.3 is 5.11 Å². The van der Waals surface area contributed by atoms with Crippen LogP contribution in [-0.2, 0) is 9.59 Å². The van der Waals surface area contributed by atoms with Gasteiger partial charge in [0.05, 0.1) is 26.9 Å². The number of carbonyl (C=O) groups is 2. The lowest BCUT2D eigenvalue weighted by molar-refractivity contribution is -0.132. The summed E-state index contributed by atoms with van der Waals surface area (Å²) < 4.78 is 27.7. The number of amides is 1. The Kier molecular flexibility index (Phi) is 5.15. The van der Waals surface area contributed by atoms with Gasteiger partial charge in [-0.25, -0.2) is 13.8 Å². The number of ketones is 1. The fourth-order valence-electron chi connectivity index (χ4n) is 3.66. The number of aromatic nitrogens is 2. The number of anilines is 1.